The van der Waals surface area contributed by atoms with Gasteiger partial charge in [-0.3, -0.25) is 14.5 Å². The van der Waals surface area contributed by atoms with E-state index < -0.39 is 0 Å². The summed E-state index contributed by atoms with van der Waals surface area (Å²) in [5.74, 6) is -0.205. The Morgan fingerprint density at radius 3 is 1.59 bits per heavy atom. The van der Waals surface area contributed by atoms with E-state index in [1.54, 1.807) is 24.3 Å². The number of anilines is 2. The van der Waals surface area contributed by atoms with E-state index in [1.807, 2.05) is 36.4 Å². The van der Waals surface area contributed by atoms with Crippen molar-refractivity contribution in [2.24, 2.45) is 0 Å². The Bertz CT molecular complexity index is 884. The van der Waals surface area contributed by atoms with Gasteiger partial charge in [0, 0.05) is 31.4 Å². The van der Waals surface area contributed by atoms with Crippen molar-refractivity contribution >= 4 is 23.2 Å². The van der Waals surface area contributed by atoms with Gasteiger partial charge < -0.3 is 10.6 Å². The van der Waals surface area contributed by atoms with E-state index in [0.717, 1.165) is 11.1 Å². The summed E-state index contributed by atoms with van der Waals surface area (Å²) in [5.41, 5.74) is 3.72. The van der Waals surface area contributed by atoms with Crippen LogP contribution in [0.5, 0.6) is 0 Å². The van der Waals surface area contributed by atoms with Crippen molar-refractivity contribution < 1.29 is 9.59 Å². The summed E-state index contributed by atoms with van der Waals surface area (Å²) in [4.78, 5) is 25.9. The lowest BCUT2D eigenvalue weighted by Gasteiger charge is -2.22. The highest BCUT2D eigenvalue weighted by atomic mass is 16.2. The van der Waals surface area contributed by atoms with Crippen molar-refractivity contribution in [2.75, 3.05) is 17.2 Å². The second-order valence-electron chi connectivity index (χ2n) is 6.92. The van der Waals surface area contributed by atoms with Crippen molar-refractivity contribution in [1.82, 2.24) is 4.90 Å². The van der Waals surface area contributed by atoms with Gasteiger partial charge in [0.05, 0.1) is 6.54 Å². The topological polar surface area (TPSA) is 61.4 Å². The first kappa shape index (κ1) is 20.3. The molecule has 3 aromatic rings. The van der Waals surface area contributed by atoms with E-state index in [1.165, 1.54) is 6.92 Å². The highest BCUT2D eigenvalue weighted by Crippen LogP contribution is 2.14. The van der Waals surface area contributed by atoms with Crippen LogP contribution in [-0.2, 0) is 22.7 Å². The van der Waals surface area contributed by atoms with Crippen molar-refractivity contribution in [2.45, 2.75) is 20.0 Å². The Labute approximate surface area is 171 Å². The maximum atomic E-state index is 12.6. The summed E-state index contributed by atoms with van der Waals surface area (Å²) in [6, 6.07) is 27.4. The highest BCUT2D eigenvalue weighted by Gasteiger charge is 2.12. The van der Waals surface area contributed by atoms with Crippen molar-refractivity contribution in [3.8, 4) is 0 Å². The molecule has 0 atom stereocenters. The largest absolute Gasteiger partial charge is 0.326 e. The molecule has 0 aliphatic rings. The van der Waals surface area contributed by atoms with Crippen molar-refractivity contribution in [3.63, 3.8) is 0 Å². The minimum absolute atomic E-state index is 0.0795. The molecule has 0 aliphatic heterocycles. The molecule has 0 bridgehead atoms. The molecule has 0 saturated heterocycles. The van der Waals surface area contributed by atoms with E-state index in [2.05, 4.69) is 39.8 Å². The average molecular weight is 387 g/mol. The molecule has 2 amide bonds. The average Bonchev–Trinajstić information content (AvgIpc) is 2.70. The number of amides is 2. The molecule has 2 N–H and O–H groups in total. The zero-order valence-corrected chi connectivity index (χ0v) is 16.5. The van der Waals surface area contributed by atoms with Crippen LogP contribution in [0.3, 0.4) is 0 Å². The monoisotopic (exact) mass is 387 g/mol. The van der Waals surface area contributed by atoms with Crippen LogP contribution >= 0.6 is 0 Å². The molecule has 0 heterocycles. The van der Waals surface area contributed by atoms with Gasteiger partial charge in [0.15, 0.2) is 0 Å². The molecular weight excluding hydrogens is 362 g/mol. The predicted octanol–water partition coefficient (Wildman–Crippen LogP) is 4.29. The van der Waals surface area contributed by atoms with Crippen LogP contribution in [0.2, 0.25) is 0 Å². The number of nitrogens with zero attached hydrogens (tertiary/aromatic N) is 1. The number of hydrogen-bond acceptors (Lipinski definition) is 3. The predicted molar refractivity (Wildman–Crippen MR) is 116 cm³/mol. The van der Waals surface area contributed by atoms with Gasteiger partial charge in [-0.1, -0.05) is 60.7 Å². The van der Waals surface area contributed by atoms with Gasteiger partial charge in [-0.25, -0.2) is 0 Å². The molecule has 148 valence electrons. The first-order chi connectivity index (χ1) is 14.1. The maximum Gasteiger partial charge on any atom is 0.238 e. The zero-order valence-electron chi connectivity index (χ0n) is 16.5. The van der Waals surface area contributed by atoms with Crippen LogP contribution in [0.15, 0.2) is 84.9 Å². The zero-order chi connectivity index (χ0) is 20.5. The lowest BCUT2D eigenvalue weighted by atomic mass is 10.1. The standard InChI is InChI=1S/C24H25N3O2/c1-19(28)25-22-12-14-23(15-13-22)26-24(29)18-27(16-20-8-4-2-5-9-20)17-21-10-6-3-7-11-21/h2-15H,16-18H2,1H3,(H,25,28)(H,26,29). The molecule has 0 fully saturated rings. The highest BCUT2D eigenvalue weighted by molar-refractivity contribution is 5.93. The number of hydrogen-bond donors (Lipinski definition) is 2. The molecule has 0 radical (unpaired) electrons. The summed E-state index contributed by atoms with van der Waals surface area (Å²) in [6.07, 6.45) is 0. The fraction of sp³-hybridized carbons (Fsp3) is 0.167. The third-order valence-corrected chi connectivity index (χ3v) is 4.35. The summed E-state index contributed by atoms with van der Waals surface area (Å²) >= 11 is 0. The Morgan fingerprint density at radius 2 is 1.14 bits per heavy atom. The van der Waals surface area contributed by atoms with Gasteiger partial charge in [-0.05, 0) is 35.4 Å². The first-order valence-electron chi connectivity index (χ1n) is 9.56. The van der Waals surface area contributed by atoms with E-state index in [4.69, 9.17) is 0 Å². The van der Waals surface area contributed by atoms with Crippen LogP contribution in [-0.4, -0.2) is 23.3 Å². The lowest BCUT2D eigenvalue weighted by Crippen LogP contribution is -2.32. The van der Waals surface area contributed by atoms with E-state index >= 15 is 0 Å². The fourth-order valence-electron chi connectivity index (χ4n) is 3.09. The van der Waals surface area contributed by atoms with Crippen LogP contribution in [0.25, 0.3) is 0 Å². The van der Waals surface area contributed by atoms with Gasteiger partial charge in [0.1, 0.15) is 0 Å². The fourth-order valence-corrected chi connectivity index (χ4v) is 3.09. The molecule has 0 aromatic heterocycles. The molecule has 0 spiro atoms. The first-order valence-corrected chi connectivity index (χ1v) is 9.56. The second-order valence-corrected chi connectivity index (χ2v) is 6.92. The van der Waals surface area contributed by atoms with Gasteiger partial charge >= 0.3 is 0 Å². The molecule has 3 aromatic carbocycles. The lowest BCUT2D eigenvalue weighted by molar-refractivity contribution is -0.117. The van der Waals surface area contributed by atoms with E-state index in [-0.39, 0.29) is 18.4 Å². The number of carbonyl (C=O) groups is 2. The Balaban J connectivity index is 1.64. The summed E-state index contributed by atoms with van der Waals surface area (Å²) in [6.45, 7) is 3.11. The smallest absolute Gasteiger partial charge is 0.238 e. The quantitative estimate of drug-likeness (QED) is 0.606. The van der Waals surface area contributed by atoms with Gasteiger partial charge in [-0.15, -0.1) is 0 Å². The molecular formula is C24H25N3O2. The van der Waals surface area contributed by atoms with E-state index in [9.17, 15) is 9.59 Å². The summed E-state index contributed by atoms with van der Waals surface area (Å²) < 4.78 is 0. The Hall–Kier alpha value is -3.44. The Morgan fingerprint density at radius 1 is 0.690 bits per heavy atom. The number of nitrogens with one attached hydrogen (secondary N) is 2. The number of rotatable bonds is 8. The summed E-state index contributed by atoms with van der Waals surface area (Å²) in [7, 11) is 0. The molecule has 3 rings (SSSR count). The maximum absolute atomic E-state index is 12.6. The molecule has 29 heavy (non-hydrogen) atoms. The van der Waals surface area contributed by atoms with Crippen LogP contribution in [0.4, 0.5) is 11.4 Å². The second kappa shape index (κ2) is 10.2. The minimum Gasteiger partial charge on any atom is -0.326 e. The van der Waals surface area contributed by atoms with Gasteiger partial charge in [-0.2, -0.15) is 0 Å². The normalized spacial score (nSPS) is 10.6. The van der Waals surface area contributed by atoms with Crippen LogP contribution < -0.4 is 10.6 Å². The van der Waals surface area contributed by atoms with E-state index in [0.29, 0.717) is 24.5 Å². The van der Waals surface area contributed by atoms with Gasteiger partial charge in [0.25, 0.3) is 0 Å². The molecule has 0 saturated carbocycles. The minimum atomic E-state index is -0.126. The molecule has 0 aliphatic carbocycles. The molecule has 0 unspecified atom stereocenters. The molecule has 5 heteroatoms. The molecule has 5 nitrogen and oxygen atoms in total. The van der Waals surface area contributed by atoms with Crippen molar-refractivity contribution in [3.05, 3.63) is 96.1 Å². The van der Waals surface area contributed by atoms with Crippen molar-refractivity contribution in [1.29, 1.82) is 0 Å². The Kier molecular flexibility index (Phi) is 7.14. The third-order valence-electron chi connectivity index (χ3n) is 4.35. The van der Waals surface area contributed by atoms with Crippen LogP contribution in [0.1, 0.15) is 18.1 Å². The number of benzene rings is 3. The SMILES string of the molecule is CC(=O)Nc1ccc(NC(=O)CN(Cc2ccccc2)Cc2ccccc2)cc1. The number of carbonyl (C=O) groups excluding carboxylic acids is 2. The van der Waals surface area contributed by atoms with Gasteiger partial charge in [0.2, 0.25) is 11.8 Å². The third kappa shape index (κ3) is 6.90. The van der Waals surface area contributed by atoms with Crippen LogP contribution in [0, 0.1) is 0 Å². The summed E-state index contributed by atoms with van der Waals surface area (Å²) in [5, 5.41) is 5.64.